The maximum Gasteiger partial charge on any atom is 0.266 e. The fraction of sp³-hybridized carbons (Fsp3) is 0.182. The molecule has 0 aliphatic heterocycles. The van der Waals surface area contributed by atoms with Gasteiger partial charge in [-0.1, -0.05) is 18.2 Å². The van der Waals surface area contributed by atoms with E-state index >= 15 is 0 Å². The second-order valence-corrected chi connectivity index (χ2v) is 3.54. The molecule has 0 fully saturated rings. The number of anilines is 1. The zero-order chi connectivity index (χ0) is 12.3. The Kier molecular flexibility index (Phi) is 3.04. The molecule has 17 heavy (non-hydrogen) atoms. The molecule has 2 rings (SSSR count). The maximum absolute atomic E-state index is 11.0. The molecule has 0 aliphatic rings. The van der Waals surface area contributed by atoms with Crippen LogP contribution in [0.15, 0.2) is 40.1 Å². The summed E-state index contributed by atoms with van der Waals surface area (Å²) in [6, 6.07) is 9.50. The van der Waals surface area contributed by atoms with E-state index in [-0.39, 0.29) is 0 Å². The van der Waals surface area contributed by atoms with Crippen molar-refractivity contribution >= 4 is 11.4 Å². The topological polar surface area (TPSA) is 77.4 Å². The average molecular weight is 232 g/mol. The number of hydrogen-bond donors (Lipinski definition) is 1. The van der Waals surface area contributed by atoms with Gasteiger partial charge in [0.05, 0.1) is 5.69 Å². The minimum Gasteiger partial charge on any atom is -0.359 e. The number of aromatic nitrogens is 2. The van der Waals surface area contributed by atoms with Crippen LogP contribution in [0, 0.1) is 12.1 Å². The van der Waals surface area contributed by atoms with Crippen LogP contribution in [0.3, 0.4) is 0 Å². The lowest BCUT2D eigenvalue weighted by Crippen LogP contribution is -2.26. The molecular weight excluding hydrogens is 220 g/mol. The van der Waals surface area contributed by atoms with Crippen molar-refractivity contribution in [2.24, 2.45) is 5.10 Å². The van der Waals surface area contributed by atoms with Crippen LogP contribution in [0.2, 0.25) is 0 Å². The van der Waals surface area contributed by atoms with Crippen molar-refractivity contribution in [2.45, 2.75) is 13.8 Å². The van der Waals surface area contributed by atoms with Gasteiger partial charge in [-0.05, 0) is 24.0 Å². The summed E-state index contributed by atoms with van der Waals surface area (Å²) >= 11 is 0. The van der Waals surface area contributed by atoms with Crippen molar-refractivity contribution in [3.8, 4) is 0 Å². The molecule has 0 bridgehead atoms. The van der Waals surface area contributed by atoms with Gasteiger partial charge in [0.1, 0.15) is 5.71 Å². The summed E-state index contributed by atoms with van der Waals surface area (Å²) in [5, 5.41) is 18.8. The SMILES string of the molecule is C/C(=N\Nc1ccccc1)c1no[n+]([O-])c1C. The Morgan fingerprint density at radius 2 is 2.12 bits per heavy atom. The van der Waals surface area contributed by atoms with E-state index in [0.29, 0.717) is 22.0 Å². The Labute approximate surface area is 98.1 Å². The standard InChI is InChI=1S/C11H12N4O2/c1-8(11-9(2)15(16)17-14-11)12-13-10-6-4-3-5-7-10/h3-7,13H,1-2H3/b12-8+. The van der Waals surface area contributed by atoms with E-state index in [9.17, 15) is 5.21 Å². The van der Waals surface area contributed by atoms with Crippen LogP contribution in [0.4, 0.5) is 5.69 Å². The first-order valence-corrected chi connectivity index (χ1v) is 5.10. The third kappa shape index (κ3) is 2.41. The van der Waals surface area contributed by atoms with Crippen LogP contribution in [-0.4, -0.2) is 10.9 Å². The highest BCUT2D eigenvalue weighted by Gasteiger charge is 2.17. The van der Waals surface area contributed by atoms with E-state index in [1.807, 2.05) is 30.3 Å². The molecule has 1 N–H and O–H groups in total. The van der Waals surface area contributed by atoms with E-state index in [2.05, 4.69) is 20.3 Å². The Morgan fingerprint density at radius 3 is 2.71 bits per heavy atom. The molecule has 0 saturated heterocycles. The molecule has 6 nitrogen and oxygen atoms in total. The van der Waals surface area contributed by atoms with E-state index in [1.165, 1.54) is 0 Å². The lowest BCUT2D eigenvalue weighted by molar-refractivity contribution is -0.806. The van der Waals surface area contributed by atoms with Gasteiger partial charge in [0.25, 0.3) is 5.69 Å². The molecule has 0 amide bonds. The largest absolute Gasteiger partial charge is 0.359 e. The van der Waals surface area contributed by atoms with E-state index in [1.54, 1.807) is 13.8 Å². The van der Waals surface area contributed by atoms with Crippen LogP contribution in [-0.2, 0) is 0 Å². The number of benzene rings is 1. The number of nitrogens with zero attached hydrogens (tertiary/aromatic N) is 3. The van der Waals surface area contributed by atoms with Crippen LogP contribution < -0.4 is 10.3 Å². The smallest absolute Gasteiger partial charge is 0.266 e. The minimum atomic E-state index is 0.358. The highest BCUT2D eigenvalue weighted by molar-refractivity contribution is 5.97. The van der Waals surface area contributed by atoms with Crippen molar-refractivity contribution in [2.75, 3.05) is 5.43 Å². The van der Waals surface area contributed by atoms with Gasteiger partial charge >= 0.3 is 0 Å². The molecule has 1 heterocycles. The molecule has 1 aromatic heterocycles. The quantitative estimate of drug-likeness (QED) is 0.493. The van der Waals surface area contributed by atoms with Gasteiger partial charge in [-0.15, -0.1) is 0 Å². The predicted octanol–water partition coefficient (Wildman–Crippen LogP) is 1.45. The number of hydrazone groups is 1. The molecule has 0 saturated carbocycles. The van der Waals surface area contributed by atoms with Crippen molar-refractivity contribution < 1.29 is 9.53 Å². The second-order valence-electron chi connectivity index (χ2n) is 3.54. The third-order valence-corrected chi connectivity index (χ3v) is 2.29. The second kappa shape index (κ2) is 4.65. The monoisotopic (exact) mass is 232 g/mol. The van der Waals surface area contributed by atoms with Crippen LogP contribution in [0.5, 0.6) is 0 Å². The van der Waals surface area contributed by atoms with E-state index in [0.717, 1.165) is 5.69 Å². The average Bonchev–Trinajstić information content (AvgIpc) is 2.69. The summed E-state index contributed by atoms with van der Waals surface area (Å²) in [4.78, 5) is 0.358. The number of para-hydroxylation sites is 1. The first-order valence-electron chi connectivity index (χ1n) is 5.10. The Hall–Kier alpha value is -2.37. The third-order valence-electron chi connectivity index (χ3n) is 2.29. The summed E-state index contributed by atoms with van der Waals surface area (Å²) in [5.41, 5.74) is 5.16. The zero-order valence-corrected chi connectivity index (χ0v) is 9.54. The number of rotatable bonds is 3. The molecule has 0 atom stereocenters. The summed E-state index contributed by atoms with van der Waals surface area (Å²) in [6.07, 6.45) is 0. The van der Waals surface area contributed by atoms with Gasteiger partial charge in [-0.25, -0.2) is 0 Å². The molecule has 6 heteroatoms. The van der Waals surface area contributed by atoms with Crippen LogP contribution >= 0.6 is 0 Å². The first-order chi connectivity index (χ1) is 8.18. The lowest BCUT2D eigenvalue weighted by Gasteiger charge is -1.99. The minimum absolute atomic E-state index is 0.358. The maximum atomic E-state index is 11.0. The van der Waals surface area contributed by atoms with Gasteiger partial charge in [-0.3, -0.25) is 10.1 Å². The Balaban J connectivity index is 2.15. The van der Waals surface area contributed by atoms with Crippen molar-refractivity contribution in [1.82, 2.24) is 5.16 Å². The van der Waals surface area contributed by atoms with Gasteiger partial charge in [0, 0.05) is 12.1 Å². The highest BCUT2D eigenvalue weighted by Crippen LogP contribution is 2.06. The molecule has 1 aromatic carbocycles. The summed E-state index contributed by atoms with van der Waals surface area (Å²) in [6.45, 7) is 3.38. The molecule has 0 radical (unpaired) electrons. The molecule has 2 aromatic rings. The lowest BCUT2D eigenvalue weighted by atomic mass is 10.2. The zero-order valence-electron chi connectivity index (χ0n) is 9.54. The van der Waals surface area contributed by atoms with Crippen molar-refractivity contribution in [3.05, 3.63) is 46.9 Å². The van der Waals surface area contributed by atoms with Gasteiger partial charge in [0.15, 0.2) is 0 Å². The first kappa shape index (κ1) is 11.1. The molecule has 0 unspecified atom stereocenters. The summed E-state index contributed by atoms with van der Waals surface area (Å²) in [5.74, 6) is 0. The molecule has 88 valence electrons. The number of hydrogen-bond acceptors (Lipinski definition) is 5. The van der Waals surface area contributed by atoms with Crippen LogP contribution in [0.25, 0.3) is 0 Å². The molecule has 0 aliphatic carbocycles. The van der Waals surface area contributed by atoms with Gasteiger partial charge < -0.3 is 5.21 Å². The Bertz CT molecular complexity index is 534. The van der Waals surface area contributed by atoms with Crippen molar-refractivity contribution in [3.63, 3.8) is 0 Å². The fourth-order valence-corrected chi connectivity index (χ4v) is 1.33. The van der Waals surface area contributed by atoms with E-state index in [4.69, 9.17) is 0 Å². The summed E-state index contributed by atoms with van der Waals surface area (Å²) < 4.78 is 4.47. The normalized spacial score (nSPS) is 11.5. The fourth-order valence-electron chi connectivity index (χ4n) is 1.33. The Morgan fingerprint density at radius 1 is 1.41 bits per heavy atom. The predicted molar refractivity (Wildman–Crippen MR) is 62.5 cm³/mol. The molecular formula is C11H12N4O2. The van der Waals surface area contributed by atoms with Crippen molar-refractivity contribution in [1.29, 1.82) is 0 Å². The van der Waals surface area contributed by atoms with E-state index < -0.39 is 0 Å². The summed E-state index contributed by atoms with van der Waals surface area (Å²) in [7, 11) is 0. The van der Waals surface area contributed by atoms with Gasteiger partial charge in [-0.2, -0.15) is 5.10 Å². The number of nitrogens with one attached hydrogen (secondary N) is 1. The highest BCUT2D eigenvalue weighted by atomic mass is 16.8. The van der Waals surface area contributed by atoms with Crippen LogP contribution in [0.1, 0.15) is 18.3 Å². The molecule has 0 spiro atoms. The van der Waals surface area contributed by atoms with Gasteiger partial charge in [0.2, 0.25) is 5.69 Å².